The van der Waals surface area contributed by atoms with Crippen molar-refractivity contribution in [3.8, 4) is 28.3 Å². The molecule has 0 unspecified atom stereocenters. The number of nitrogens with two attached hydrogens (primary N) is 1. The number of hydrogen-bond acceptors (Lipinski definition) is 5. The first-order valence-electron chi connectivity index (χ1n) is 11.5. The predicted octanol–water partition coefficient (Wildman–Crippen LogP) is 4.86. The zero-order valence-corrected chi connectivity index (χ0v) is 19.9. The lowest BCUT2D eigenvalue weighted by Crippen LogP contribution is -2.10. The highest BCUT2D eigenvalue weighted by atomic mass is 16.5. The van der Waals surface area contributed by atoms with Crippen LogP contribution in [0.15, 0.2) is 36.7 Å². The van der Waals surface area contributed by atoms with E-state index >= 15 is 0 Å². The van der Waals surface area contributed by atoms with Crippen molar-refractivity contribution in [3.63, 3.8) is 0 Å². The van der Waals surface area contributed by atoms with Crippen LogP contribution < -0.4 is 10.5 Å². The Kier molecular flexibility index (Phi) is 5.19. The fourth-order valence-electron chi connectivity index (χ4n) is 4.82. The fourth-order valence-corrected chi connectivity index (χ4v) is 4.82. The minimum absolute atomic E-state index is 0.227. The van der Waals surface area contributed by atoms with E-state index in [1.165, 1.54) is 16.7 Å². The molecule has 33 heavy (non-hydrogen) atoms. The summed E-state index contributed by atoms with van der Waals surface area (Å²) in [5.74, 6) is 0.970. The Labute approximate surface area is 194 Å². The van der Waals surface area contributed by atoms with Gasteiger partial charge in [0, 0.05) is 60.2 Å². The van der Waals surface area contributed by atoms with E-state index in [1.807, 2.05) is 24.0 Å². The number of anilines is 1. The van der Waals surface area contributed by atoms with E-state index < -0.39 is 0 Å². The summed E-state index contributed by atoms with van der Waals surface area (Å²) in [6.07, 6.45) is 5.31. The largest absolute Gasteiger partial charge is 0.482 e. The Morgan fingerprint density at radius 3 is 2.76 bits per heavy atom. The number of aryl methyl sites for hydroxylation is 4. The van der Waals surface area contributed by atoms with Gasteiger partial charge in [0.05, 0.1) is 17.1 Å². The molecule has 0 saturated heterocycles. The molecule has 0 radical (unpaired) electrons. The van der Waals surface area contributed by atoms with Gasteiger partial charge in [-0.05, 0) is 33.3 Å². The van der Waals surface area contributed by atoms with Gasteiger partial charge >= 0.3 is 0 Å². The summed E-state index contributed by atoms with van der Waals surface area (Å²) in [5.41, 5.74) is 16.1. The normalized spacial score (nSPS) is 15.0. The van der Waals surface area contributed by atoms with Crippen molar-refractivity contribution in [2.45, 2.75) is 53.2 Å². The van der Waals surface area contributed by atoms with Crippen molar-refractivity contribution in [2.75, 3.05) is 5.73 Å². The van der Waals surface area contributed by atoms with E-state index in [-0.39, 0.29) is 6.10 Å². The average molecular weight is 443 g/mol. The summed E-state index contributed by atoms with van der Waals surface area (Å²) in [7, 11) is 1.98. The molecule has 2 bridgehead atoms. The van der Waals surface area contributed by atoms with Crippen molar-refractivity contribution in [2.24, 2.45) is 7.05 Å². The molecule has 1 aromatic carbocycles. The number of rotatable bonds is 2. The predicted molar refractivity (Wildman–Crippen MR) is 130 cm³/mol. The molecule has 1 atom stereocenters. The van der Waals surface area contributed by atoms with Crippen LogP contribution in [-0.4, -0.2) is 24.5 Å². The number of aromatic nitrogens is 5. The van der Waals surface area contributed by atoms with E-state index in [9.17, 15) is 0 Å². The molecule has 0 amide bonds. The monoisotopic (exact) mass is 442 g/mol. The molecule has 0 saturated carbocycles. The molecule has 1 aliphatic heterocycles. The van der Waals surface area contributed by atoms with Crippen LogP contribution >= 0.6 is 0 Å². The zero-order valence-electron chi connectivity index (χ0n) is 19.9. The van der Waals surface area contributed by atoms with Crippen molar-refractivity contribution >= 4 is 5.82 Å². The van der Waals surface area contributed by atoms with Crippen LogP contribution in [0.3, 0.4) is 0 Å². The molecular formula is C26H30N6O. The highest BCUT2D eigenvalue weighted by Crippen LogP contribution is 2.39. The van der Waals surface area contributed by atoms with Crippen LogP contribution in [-0.2, 0) is 26.4 Å². The second-order valence-corrected chi connectivity index (χ2v) is 8.75. The molecule has 7 nitrogen and oxygen atoms in total. The van der Waals surface area contributed by atoms with Gasteiger partial charge in [0.25, 0.3) is 0 Å². The van der Waals surface area contributed by atoms with Crippen LogP contribution in [0.4, 0.5) is 5.82 Å². The fraction of sp³-hybridized carbons (Fsp3) is 0.346. The van der Waals surface area contributed by atoms with Gasteiger partial charge in [-0.3, -0.25) is 9.36 Å². The van der Waals surface area contributed by atoms with E-state index in [0.29, 0.717) is 11.6 Å². The van der Waals surface area contributed by atoms with Crippen LogP contribution in [0, 0.1) is 6.92 Å². The third-order valence-electron chi connectivity index (χ3n) is 6.40. The van der Waals surface area contributed by atoms with Gasteiger partial charge in [0.2, 0.25) is 0 Å². The van der Waals surface area contributed by atoms with Crippen molar-refractivity contribution in [3.05, 3.63) is 64.6 Å². The van der Waals surface area contributed by atoms with Crippen LogP contribution in [0.2, 0.25) is 0 Å². The molecule has 1 aliphatic rings. The first kappa shape index (κ1) is 21.2. The van der Waals surface area contributed by atoms with Gasteiger partial charge < -0.3 is 10.5 Å². The summed E-state index contributed by atoms with van der Waals surface area (Å²) in [6, 6.07) is 8.46. The molecule has 4 aromatic rings. The van der Waals surface area contributed by atoms with Gasteiger partial charge in [-0.2, -0.15) is 10.2 Å². The average Bonchev–Trinajstić information content (AvgIpc) is 3.34. The highest BCUT2D eigenvalue weighted by molar-refractivity contribution is 5.72. The molecule has 5 rings (SSSR count). The maximum absolute atomic E-state index is 6.43. The van der Waals surface area contributed by atoms with E-state index in [0.717, 1.165) is 53.2 Å². The topological polar surface area (TPSA) is 83.8 Å². The minimum atomic E-state index is -0.227. The van der Waals surface area contributed by atoms with Gasteiger partial charge in [0.15, 0.2) is 11.6 Å². The second kappa shape index (κ2) is 8.06. The van der Waals surface area contributed by atoms with Crippen LogP contribution in [0.5, 0.6) is 5.75 Å². The van der Waals surface area contributed by atoms with Gasteiger partial charge in [-0.1, -0.05) is 30.7 Å². The van der Waals surface area contributed by atoms with Crippen molar-refractivity contribution < 1.29 is 4.74 Å². The maximum atomic E-state index is 6.43. The van der Waals surface area contributed by atoms with Gasteiger partial charge in [0.1, 0.15) is 6.10 Å². The number of benzene rings is 1. The molecule has 0 spiro atoms. The van der Waals surface area contributed by atoms with E-state index in [2.05, 4.69) is 61.8 Å². The first-order valence-corrected chi connectivity index (χ1v) is 11.5. The Balaban J connectivity index is 1.84. The van der Waals surface area contributed by atoms with Gasteiger partial charge in [-0.25, -0.2) is 4.98 Å². The smallest absolute Gasteiger partial charge is 0.166 e. The van der Waals surface area contributed by atoms with Crippen LogP contribution in [0.25, 0.3) is 22.5 Å². The summed E-state index contributed by atoms with van der Waals surface area (Å²) < 4.78 is 10.4. The van der Waals surface area contributed by atoms with Crippen molar-refractivity contribution in [1.29, 1.82) is 0 Å². The number of fused-ring (bicyclic) bond motifs is 7. The quantitative estimate of drug-likeness (QED) is 0.479. The Morgan fingerprint density at radius 1 is 1.18 bits per heavy atom. The molecule has 3 aromatic heterocycles. The number of ether oxygens (including phenoxy) is 1. The molecule has 2 N–H and O–H groups in total. The number of nitrogens with zero attached hydrogens (tertiary/aromatic N) is 5. The van der Waals surface area contributed by atoms with E-state index in [4.69, 9.17) is 20.7 Å². The molecule has 7 heteroatoms. The van der Waals surface area contributed by atoms with Crippen molar-refractivity contribution in [1.82, 2.24) is 24.5 Å². The maximum Gasteiger partial charge on any atom is 0.166 e. The molecule has 170 valence electrons. The standard InChI is InChI=1S/C26H30N6O/c1-6-22-21-11-18-14-31(5)30-24(18)19-9-8-15(3)10-20(19)16(4)33-23-12-17(13-28-26(23)27)25(21)32(7-2)29-22/h8-10,12-14,16H,6-7,11H2,1-5H3,(H2,27,28)/t16-/m1/s1. The van der Waals surface area contributed by atoms with Gasteiger partial charge in [-0.15, -0.1) is 0 Å². The SMILES string of the molecule is CCc1nn(CC)c2c1Cc1cn(C)nc1-c1ccc(C)cc1[C@@H](C)Oc1cc-2cnc1N. The number of hydrogen-bond donors (Lipinski definition) is 1. The zero-order chi connectivity index (χ0) is 23.3. The third kappa shape index (κ3) is 3.57. The molecule has 0 aliphatic carbocycles. The molecular weight excluding hydrogens is 412 g/mol. The number of pyridine rings is 1. The summed E-state index contributed by atoms with van der Waals surface area (Å²) >= 11 is 0. The van der Waals surface area contributed by atoms with E-state index in [1.54, 1.807) is 0 Å². The Morgan fingerprint density at radius 2 is 2.00 bits per heavy atom. The molecule has 0 fully saturated rings. The number of nitrogen functional groups attached to an aromatic ring is 1. The first-order chi connectivity index (χ1) is 15.9. The Bertz CT molecular complexity index is 1350. The lowest BCUT2D eigenvalue weighted by molar-refractivity contribution is 0.228. The summed E-state index contributed by atoms with van der Waals surface area (Å²) in [5, 5.41) is 9.82. The molecule has 4 heterocycles. The highest BCUT2D eigenvalue weighted by Gasteiger charge is 2.25. The lowest BCUT2D eigenvalue weighted by atomic mass is 9.92. The summed E-state index contributed by atoms with van der Waals surface area (Å²) in [6.45, 7) is 9.18. The minimum Gasteiger partial charge on any atom is -0.482 e. The summed E-state index contributed by atoms with van der Waals surface area (Å²) in [4.78, 5) is 4.49. The second-order valence-electron chi connectivity index (χ2n) is 8.75. The Hall–Kier alpha value is -3.61. The lowest BCUT2D eigenvalue weighted by Gasteiger charge is -2.21. The van der Waals surface area contributed by atoms with Crippen LogP contribution in [0.1, 0.15) is 54.8 Å². The third-order valence-corrected chi connectivity index (χ3v) is 6.40.